The van der Waals surface area contributed by atoms with Crippen LogP contribution >= 0.6 is 11.3 Å². The van der Waals surface area contributed by atoms with Crippen LogP contribution < -0.4 is 10.6 Å². The Kier molecular flexibility index (Phi) is 3.13. The van der Waals surface area contributed by atoms with Crippen molar-refractivity contribution in [2.45, 2.75) is 33.1 Å². The highest BCUT2D eigenvalue weighted by atomic mass is 32.1. The summed E-state index contributed by atoms with van der Waals surface area (Å²) in [6.45, 7) is 6.96. The molecule has 0 unspecified atom stereocenters. The second-order valence-electron chi connectivity index (χ2n) is 5.87. The summed E-state index contributed by atoms with van der Waals surface area (Å²) < 4.78 is 1.19. The van der Waals surface area contributed by atoms with Gasteiger partial charge in [-0.05, 0) is 36.5 Å². The van der Waals surface area contributed by atoms with Gasteiger partial charge in [-0.15, -0.1) is 0 Å². The molecule has 0 aliphatic carbocycles. The van der Waals surface area contributed by atoms with Gasteiger partial charge in [0.2, 0.25) is 0 Å². The number of fused-ring (bicyclic) bond motifs is 1. The van der Waals surface area contributed by atoms with Gasteiger partial charge in [0.15, 0.2) is 5.13 Å². The zero-order valence-corrected chi connectivity index (χ0v) is 12.5. The Bertz CT molecular complexity index is 582. The molecule has 3 rings (SSSR count). The van der Waals surface area contributed by atoms with Gasteiger partial charge < -0.3 is 10.6 Å². The van der Waals surface area contributed by atoms with E-state index in [9.17, 15) is 0 Å². The largest absolute Gasteiger partial charge is 0.399 e. The highest BCUT2D eigenvalue weighted by molar-refractivity contribution is 7.22. The summed E-state index contributed by atoms with van der Waals surface area (Å²) in [6.07, 6.45) is 3.81. The van der Waals surface area contributed by atoms with Gasteiger partial charge in [-0.2, -0.15) is 0 Å². The number of hydrogen-bond donors (Lipinski definition) is 1. The van der Waals surface area contributed by atoms with Crippen molar-refractivity contribution in [2.75, 3.05) is 23.7 Å². The maximum absolute atomic E-state index is 5.83. The quantitative estimate of drug-likeness (QED) is 0.845. The van der Waals surface area contributed by atoms with Gasteiger partial charge in [0, 0.05) is 18.8 Å². The molecule has 0 bridgehead atoms. The lowest BCUT2D eigenvalue weighted by Crippen LogP contribution is -2.38. The lowest BCUT2D eigenvalue weighted by Gasteiger charge is -2.38. The van der Waals surface area contributed by atoms with Crippen molar-refractivity contribution in [3.05, 3.63) is 18.2 Å². The van der Waals surface area contributed by atoms with Crippen molar-refractivity contribution in [1.82, 2.24) is 4.98 Å². The van der Waals surface area contributed by atoms with Crippen LogP contribution in [0.4, 0.5) is 10.8 Å². The molecule has 19 heavy (non-hydrogen) atoms. The monoisotopic (exact) mass is 275 g/mol. The summed E-state index contributed by atoms with van der Waals surface area (Å²) in [6, 6.07) is 5.97. The smallest absolute Gasteiger partial charge is 0.186 e. The summed E-state index contributed by atoms with van der Waals surface area (Å²) in [5.41, 5.74) is 8.24. The topological polar surface area (TPSA) is 42.2 Å². The first-order chi connectivity index (χ1) is 9.09. The molecule has 0 atom stereocenters. The summed E-state index contributed by atoms with van der Waals surface area (Å²) in [4.78, 5) is 7.17. The van der Waals surface area contributed by atoms with E-state index in [2.05, 4.69) is 18.7 Å². The molecule has 1 aromatic heterocycles. The normalized spacial score (nSPS) is 18.9. The number of nitrogens with two attached hydrogens (primary N) is 1. The van der Waals surface area contributed by atoms with Crippen LogP contribution in [-0.4, -0.2) is 18.1 Å². The maximum Gasteiger partial charge on any atom is 0.186 e. The van der Waals surface area contributed by atoms with Crippen LogP contribution in [0.15, 0.2) is 18.2 Å². The standard InChI is InChI=1S/C15H21N3S/c1-3-15(2)6-8-18(9-7-15)14-17-12-5-4-11(16)10-13(12)19-14/h4-5,10H,3,6-9,16H2,1-2H3. The molecule has 1 aliphatic rings. The van der Waals surface area contributed by atoms with Gasteiger partial charge in [0.1, 0.15) is 0 Å². The summed E-state index contributed by atoms with van der Waals surface area (Å²) in [5, 5.41) is 1.15. The molecular formula is C15H21N3S. The molecule has 3 nitrogen and oxygen atoms in total. The van der Waals surface area contributed by atoms with Crippen LogP contribution in [0, 0.1) is 5.41 Å². The van der Waals surface area contributed by atoms with Gasteiger partial charge in [-0.3, -0.25) is 0 Å². The van der Waals surface area contributed by atoms with E-state index in [1.165, 1.54) is 24.0 Å². The summed E-state index contributed by atoms with van der Waals surface area (Å²) in [5.74, 6) is 0. The van der Waals surface area contributed by atoms with Crippen LogP contribution in [0.3, 0.4) is 0 Å². The van der Waals surface area contributed by atoms with Gasteiger partial charge in [0.25, 0.3) is 0 Å². The first kappa shape index (κ1) is 12.7. The number of piperidine rings is 1. The number of hydrogen-bond acceptors (Lipinski definition) is 4. The predicted molar refractivity (Wildman–Crippen MR) is 83.9 cm³/mol. The maximum atomic E-state index is 5.83. The van der Waals surface area contributed by atoms with E-state index < -0.39 is 0 Å². The molecule has 102 valence electrons. The lowest BCUT2D eigenvalue weighted by atomic mass is 9.78. The number of nitrogen functional groups attached to an aromatic ring is 1. The molecule has 0 spiro atoms. The Hall–Kier alpha value is -1.29. The van der Waals surface area contributed by atoms with E-state index in [0.29, 0.717) is 5.41 Å². The molecular weight excluding hydrogens is 254 g/mol. The minimum absolute atomic E-state index is 0.525. The Balaban J connectivity index is 1.82. The second kappa shape index (κ2) is 4.67. The first-order valence-corrected chi connectivity index (χ1v) is 7.82. The van der Waals surface area contributed by atoms with Crippen LogP contribution in [-0.2, 0) is 0 Å². The molecule has 0 radical (unpaired) electrons. The number of nitrogens with zero attached hydrogens (tertiary/aromatic N) is 2. The fourth-order valence-corrected chi connectivity index (χ4v) is 3.72. The number of anilines is 2. The predicted octanol–water partition coefficient (Wildman–Crippen LogP) is 3.90. The molecule has 4 heteroatoms. The van der Waals surface area contributed by atoms with Gasteiger partial charge in [-0.25, -0.2) is 4.98 Å². The van der Waals surface area contributed by atoms with E-state index in [-0.39, 0.29) is 0 Å². The van der Waals surface area contributed by atoms with Crippen molar-refractivity contribution in [3.8, 4) is 0 Å². The third-order valence-electron chi connectivity index (χ3n) is 4.50. The SMILES string of the molecule is CCC1(C)CCN(c2nc3ccc(N)cc3s2)CC1. The molecule has 1 aliphatic heterocycles. The Labute approximate surface area is 118 Å². The molecule has 2 aromatic rings. The number of aromatic nitrogens is 1. The van der Waals surface area contributed by atoms with E-state index in [1.807, 2.05) is 18.2 Å². The van der Waals surface area contributed by atoms with Crippen LogP contribution in [0.5, 0.6) is 0 Å². The molecule has 2 heterocycles. The number of rotatable bonds is 2. The molecule has 1 aromatic carbocycles. The molecule has 1 fully saturated rings. The van der Waals surface area contributed by atoms with Crippen LogP contribution in [0.1, 0.15) is 33.1 Å². The lowest BCUT2D eigenvalue weighted by molar-refractivity contribution is 0.238. The number of benzene rings is 1. The molecule has 0 amide bonds. The average molecular weight is 275 g/mol. The van der Waals surface area contributed by atoms with E-state index in [1.54, 1.807) is 11.3 Å². The van der Waals surface area contributed by atoms with Gasteiger partial charge in [0.05, 0.1) is 10.2 Å². The Morgan fingerprint density at radius 1 is 1.37 bits per heavy atom. The minimum atomic E-state index is 0.525. The Morgan fingerprint density at radius 3 is 2.79 bits per heavy atom. The zero-order chi connectivity index (χ0) is 13.5. The summed E-state index contributed by atoms with van der Waals surface area (Å²) >= 11 is 1.76. The number of thiazole rings is 1. The van der Waals surface area contributed by atoms with Crippen molar-refractivity contribution >= 4 is 32.4 Å². The van der Waals surface area contributed by atoms with Crippen LogP contribution in [0.25, 0.3) is 10.2 Å². The fraction of sp³-hybridized carbons (Fsp3) is 0.533. The van der Waals surface area contributed by atoms with Crippen molar-refractivity contribution < 1.29 is 0 Å². The highest BCUT2D eigenvalue weighted by Gasteiger charge is 2.29. The van der Waals surface area contributed by atoms with E-state index in [0.717, 1.165) is 29.4 Å². The van der Waals surface area contributed by atoms with Gasteiger partial charge in [-0.1, -0.05) is 31.6 Å². The molecule has 1 saturated heterocycles. The van der Waals surface area contributed by atoms with E-state index >= 15 is 0 Å². The van der Waals surface area contributed by atoms with Gasteiger partial charge >= 0.3 is 0 Å². The summed E-state index contributed by atoms with van der Waals surface area (Å²) in [7, 11) is 0. The highest BCUT2D eigenvalue weighted by Crippen LogP contribution is 2.38. The second-order valence-corrected chi connectivity index (χ2v) is 6.88. The fourth-order valence-electron chi connectivity index (χ4n) is 2.66. The average Bonchev–Trinajstić information content (AvgIpc) is 2.82. The van der Waals surface area contributed by atoms with Crippen LogP contribution in [0.2, 0.25) is 0 Å². The Morgan fingerprint density at radius 2 is 2.11 bits per heavy atom. The molecule has 2 N–H and O–H groups in total. The minimum Gasteiger partial charge on any atom is -0.399 e. The van der Waals surface area contributed by atoms with Crippen molar-refractivity contribution in [2.24, 2.45) is 5.41 Å². The zero-order valence-electron chi connectivity index (χ0n) is 11.6. The first-order valence-electron chi connectivity index (χ1n) is 7.01. The third kappa shape index (κ3) is 2.41. The van der Waals surface area contributed by atoms with E-state index in [4.69, 9.17) is 10.7 Å². The molecule has 0 saturated carbocycles. The van der Waals surface area contributed by atoms with Crippen molar-refractivity contribution in [3.63, 3.8) is 0 Å². The third-order valence-corrected chi connectivity index (χ3v) is 5.57. The van der Waals surface area contributed by atoms with Crippen molar-refractivity contribution in [1.29, 1.82) is 0 Å².